The van der Waals surface area contributed by atoms with E-state index in [4.69, 9.17) is 14.5 Å². The van der Waals surface area contributed by atoms with E-state index in [1.165, 1.54) is 11.8 Å². The monoisotopic (exact) mass is 1030 g/mol. The number of nitrogens with one attached hydrogen (secondary N) is 4. The van der Waals surface area contributed by atoms with Gasteiger partial charge in [-0.1, -0.05) is 65.5 Å². The van der Waals surface area contributed by atoms with Crippen LogP contribution in [-0.2, 0) is 39.1 Å². The first kappa shape index (κ1) is 55.1. The Morgan fingerprint density at radius 3 is 1.91 bits per heavy atom. The van der Waals surface area contributed by atoms with E-state index in [0.29, 0.717) is 28.9 Å². The molecule has 7 rings (SSSR count). The number of hydrazine groups is 1. The van der Waals surface area contributed by atoms with Gasteiger partial charge < -0.3 is 40.3 Å². The van der Waals surface area contributed by atoms with Gasteiger partial charge in [0.15, 0.2) is 0 Å². The standard InChI is InChI=1S/C54H66F2N12O7/c1-53(2,3)46(61-51(72)74-8)48(70)60-43(25-34-14-11-33(12-15-34)13-16-35-17-20-45(59-28-35)66-29-37-18-19-38(30-66)68(37)50-57-22-10-23-58-50)44(69)32-67(64-49(71)47(54(4,5)6)62-52(73)75-9)31-39-40(55)26-36(27-41(39)56)42-21-24-65(7)63-42/h10-12,14-15,17,20-24,26-28,37-38,43-44,46-47,69H,18-19,25,29-32H2,1-9H3,(H,60,70)(H,61,72)(H,62,73)(H,64,71)/t37?,38?,43-,44-,46+,47+/m0/s1. The maximum atomic E-state index is 16.0. The van der Waals surface area contributed by atoms with Gasteiger partial charge in [0.25, 0.3) is 5.91 Å². The molecule has 2 aromatic carbocycles. The molecule has 2 bridgehead atoms. The second kappa shape index (κ2) is 23.7. The van der Waals surface area contributed by atoms with Crippen molar-refractivity contribution in [2.45, 2.75) is 104 Å². The summed E-state index contributed by atoms with van der Waals surface area (Å²) < 4.78 is 43.2. The van der Waals surface area contributed by atoms with Gasteiger partial charge >= 0.3 is 12.2 Å². The molecule has 5 heterocycles. The minimum absolute atomic E-state index is 0.00717. The molecule has 398 valence electrons. The van der Waals surface area contributed by atoms with Gasteiger partial charge in [0.2, 0.25) is 11.9 Å². The summed E-state index contributed by atoms with van der Waals surface area (Å²) in [5, 5.41) is 25.6. The van der Waals surface area contributed by atoms with E-state index in [2.05, 4.69) is 58.1 Å². The van der Waals surface area contributed by atoms with E-state index in [9.17, 15) is 24.3 Å². The molecule has 2 aliphatic rings. The highest BCUT2D eigenvalue weighted by molar-refractivity contribution is 5.87. The van der Waals surface area contributed by atoms with E-state index in [-0.39, 0.29) is 12.0 Å². The lowest BCUT2D eigenvalue weighted by Crippen LogP contribution is -2.61. The van der Waals surface area contributed by atoms with Crippen molar-refractivity contribution in [3.05, 3.63) is 119 Å². The van der Waals surface area contributed by atoms with Gasteiger partial charge in [0.1, 0.15) is 29.5 Å². The molecule has 2 saturated heterocycles. The molecule has 0 saturated carbocycles. The number of piperazine rings is 1. The number of amides is 4. The Hall–Kier alpha value is -7.70. The molecule has 6 atom stereocenters. The number of benzene rings is 2. The third-order valence-corrected chi connectivity index (χ3v) is 13.2. The minimum Gasteiger partial charge on any atom is -0.453 e. The van der Waals surface area contributed by atoms with Crippen LogP contribution in [0.4, 0.5) is 30.1 Å². The van der Waals surface area contributed by atoms with Crippen molar-refractivity contribution in [2.24, 2.45) is 17.9 Å². The lowest BCUT2D eigenvalue weighted by Gasteiger charge is -2.41. The predicted octanol–water partition coefficient (Wildman–Crippen LogP) is 5.27. The normalized spacial score (nSPS) is 17.0. The highest BCUT2D eigenvalue weighted by atomic mass is 19.1. The van der Waals surface area contributed by atoms with Crippen LogP contribution in [-0.4, -0.2) is 129 Å². The number of hydrogen-bond acceptors (Lipinski definition) is 14. The summed E-state index contributed by atoms with van der Waals surface area (Å²) in [6.07, 6.45) is 5.76. The van der Waals surface area contributed by atoms with Crippen LogP contribution in [0.2, 0.25) is 0 Å². The molecule has 5 aromatic rings. The third-order valence-electron chi connectivity index (χ3n) is 13.2. The summed E-state index contributed by atoms with van der Waals surface area (Å²) in [6, 6.07) is 13.8. The Labute approximate surface area is 435 Å². The second-order valence-corrected chi connectivity index (χ2v) is 21.0. The topological polar surface area (TPSA) is 221 Å². The lowest BCUT2D eigenvalue weighted by atomic mass is 9.85. The smallest absolute Gasteiger partial charge is 0.407 e. The quantitative estimate of drug-likeness (QED) is 0.0628. The number of hydrogen-bond donors (Lipinski definition) is 5. The summed E-state index contributed by atoms with van der Waals surface area (Å²) in [4.78, 5) is 71.6. The highest BCUT2D eigenvalue weighted by Crippen LogP contribution is 2.34. The first-order valence-corrected chi connectivity index (χ1v) is 24.7. The van der Waals surface area contributed by atoms with Crippen molar-refractivity contribution >= 4 is 35.8 Å². The zero-order valence-electron chi connectivity index (χ0n) is 43.7. The van der Waals surface area contributed by atoms with Crippen molar-refractivity contribution < 1.29 is 42.5 Å². The Balaban J connectivity index is 1.12. The van der Waals surface area contributed by atoms with Crippen LogP contribution in [0.25, 0.3) is 11.3 Å². The largest absolute Gasteiger partial charge is 0.453 e. The fourth-order valence-corrected chi connectivity index (χ4v) is 9.25. The van der Waals surface area contributed by atoms with E-state index in [0.717, 1.165) is 67.5 Å². The number of alkyl carbamates (subject to hydrolysis) is 2. The molecule has 4 amide bonds. The van der Waals surface area contributed by atoms with Gasteiger partial charge in [-0.05, 0) is 84.2 Å². The molecular formula is C54H66F2N12O7. The summed E-state index contributed by atoms with van der Waals surface area (Å²) >= 11 is 0. The molecule has 0 aliphatic carbocycles. The summed E-state index contributed by atoms with van der Waals surface area (Å²) in [7, 11) is 3.98. The summed E-state index contributed by atoms with van der Waals surface area (Å²) in [5.74, 6) is 4.64. The second-order valence-electron chi connectivity index (χ2n) is 21.0. The first-order valence-electron chi connectivity index (χ1n) is 24.7. The molecule has 2 fully saturated rings. The van der Waals surface area contributed by atoms with Gasteiger partial charge in [-0.15, -0.1) is 0 Å². The molecule has 2 aliphatic heterocycles. The maximum Gasteiger partial charge on any atom is 0.407 e. The number of carbonyl (C=O) groups excluding carboxylic acids is 4. The van der Waals surface area contributed by atoms with Crippen LogP contribution in [0.5, 0.6) is 0 Å². The fraction of sp³-hybridized carbons (Fsp3) is 0.444. The van der Waals surface area contributed by atoms with Crippen LogP contribution < -0.4 is 31.2 Å². The van der Waals surface area contributed by atoms with Gasteiger partial charge in [-0.3, -0.25) is 19.7 Å². The number of aromatic nitrogens is 5. The van der Waals surface area contributed by atoms with Crippen molar-refractivity contribution in [1.82, 2.24) is 51.1 Å². The van der Waals surface area contributed by atoms with Crippen molar-refractivity contribution in [1.29, 1.82) is 0 Å². The molecule has 0 radical (unpaired) electrons. The Morgan fingerprint density at radius 2 is 1.37 bits per heavy atom. The molecule has 75 heavy (non-hydrogen) atoms. The van der Waals surface area contributed by atoms with Crippen molar-refractivity contribution in [3.8, 4) is 23.1 Å². The molecule has 19 nitrogen and oxygen atoms in total. The Morgan fingerprint density at radius 1 is 0.800 bits per heavy atom. The number of anilines is 2. The van der Waals surface area contributed by atoms with Crippen LogP contribution in [0.1, 0.15) is 76.6 Å². The van der Waals surface area contributed by atoms with E-state index < -0.39 is 89.3 Å². The molecular weight excluding hydrogens is 967 g/mol. The first-order chi connectivity index (χ1) is 35.6. The predicted molar refractivity (Wildman–Crippen MR) is 277 cm³/mol. The van der Waals surface area contributed by atoms with E-state index >= 15 is 8.78 Å². The summed E-state index contributed by atoms with van der Waals surface area (Å²) in [6.45, 7) is 10.8. The van der Waals surface area contributed by atoms with Crippen molar-refractivity contribution in [3.63, 3.8) is 0 Å². The number of methoxy groups -OCH3 is 2. The number of aryl methyl sites for hydroxylation is 1. The molecule has 21 heteroatoms. The Kier molecular flexibility index (Phi) is 17.4. The highest BCUT2D eigenvalue weighted by Gasteiger charge is 2.42. The van der Waals surface area contributed by atoms with Crippen LogP contribution in [0, 0.1) is 34.3 Å². The lowest BCUT2D eigenvalue weighted by molar-refractivity contribution is -0.132. The van der Waals surface area contributed by atoms with Gasteiger partial charge in [0, 0.05) is 92.4 Å². The minimum atomic E-state index is -1.56. The number of aliphatic hydroxyl groups is 1. The zero-order chi connectivity index (χ0) is 54.2. The summed E-state index contributed by atoms with van der Waals surface area (Å²) in [5.41, 5.74) is 3.02. The number of carbonyl (C=O) groups is 4. The third kappa shape index (κ3) is 14.1. The number of aliphatic hydroxyl groups excluding tert-OH is 1. The van der Waals surface area contributed by atoms with E-state index in [1.54, 1.807) is 104 Å². The van der Waals surface area contributed by atoms with Crippen molar-refractivity contribution in [2.75, 3.05) is 43.7 Å². The maximum absolute atomic E-state index is 16.0. The van der Waals surface area contributed by atoms with Crippen LogP contribution in [0.3, 0.4) is 0 Å². The number of ether oxygens (including phenoxy) is 2. The number of fused-ring (bicyclic) bond motifs is 2. The average Bonchev–Trinajstić information content (AvgIpc) is 3.93. The van der Waals surface area contributed by atoms with Crippen LogP contribution >= 0.6 is 0 Å². The fourth-order valence-electron chi connectivity index (χ4n) is 9.25. The van der Waals surface area contributed by atoms with Gasteiger partial charge in [-0.25, -0.2) is 38.3 Å². The molecule has 5 N–H and O–H groups in total. The molecule has 3 aromatic heterocycles. The molecule has 2 unspecified atom stereocenters. The van der Waals surface area contributed by atoms with E-state index in [1.807, 2.05) is 18.2 Å². The number of pyridine rings is 1. The average molecular weight is 1030 g/mol. The SMILES string of the molecule is COC(=O)N[C@H](C(=O)N[C@@H](Cc1ccc(C#Cc2ccc(N3CC4CCC(C3)N4c3ncccn3)nc2)cc1)[C@@H](O)CN(Cc1c(F)cc(-c2ccn(C)n2)cc1F)NC(=O)[C@@H](NC(=O)OC)C(C)(C)C)C(C)(C)C. The zero-order valence-corrected chi connectivity index (χ0v) is 43.7. The number of nitrogens with zero attached hydrogens (tertiary/aromatic N) is 8. The number of rotatable bonds is 16. The number of halogens is 2. The van der Waals surface area contributed by atoms with Crippen LogP contribution in [0.15, 0.2) is 85.5 Å². The molecule has 0 spiro atoms. The van der Waals surface area contributed by atoms with Gasteiger partial charge in [-0.2, -0.15) is 5.10 Å². The van der Waals surface area contributed by atoms with Gasteiger partial charge in [0.05, 0.1) is 32.1 Å². The Bertz CT molecular complexity index is 2830.